The minimum Gasteiger partial charge on any atom is -0.482 e. The highest BCUT2D eigenvalue weighted by molar-refractivity contribution is 7.94. The van der Waals surface area contributed by atoms with Gasteiger partial charge in [0.15, 0.2) is 6.61 Å². The van der Waals surface area contributed by atoms with Gasteiger partial charge in [-0.15, -0.1) is 11.3 Å². The molecule has 0 aliphatic heterocycles. The largest absolute Gasteiger partial charge is 0.482 e. The van der Waals surface area contributed by atoms with Gasteiger partial charge in [-0.3, -0.25) is 4.31 Å². The molecule has 2 aromatic carbocycles. The number of carbonyl (C=O) groups is 1. The first-order valence-corrected chi connectivity index (χ1v) is 11.2. The van der Waals surface area contributed by atoms with Crippen LogP contribution in [0.4, 0.5) is 5.69 Å². The average molecular weight is 452 g/mol. The Morgan fingerprint density at radius 1 is 1.07 bits per heavy atom. The Bertz CT molecular complexity index is 1070. The minimum atomic E-state index is -3.60. The molecule has 0 spiro atoms. The molecule has 0 amide bonds. The Morgan fingerprint density at radius 3 is 2.45 bits per heavy atom. The summed E-state index contributed by atoms with van der Waals surface area (Å²) < 4.78 is 37.1. The van der Waals surface area contributed by atoms with Crippen LogP contribution in [0.15, 0.2) is 70.3 Å². The van der Waals surface area contributed by atoms with Crippen molar-refractivity contribution in [3.8, 4) is 5.75 Å². The molecule has 0 fully saturated rings. The van der Waals surface area contributed by atoms with Crippen molar-refractivity contribution in [1.29, 1.82) is 0 Å². The molecule has 9 heteroatoms. The van der Waals surface area contributed by atoms with Gasteiger partial charge in [-0.2, -0.15) is 0 Å². The van der Waals surface area contributed by atoms with E-state index in [9.17, 15) is 13.2 Å². The van der Waals surface area contributed by atoms with Crippen LogP contribution in [-0.4, -0.2) is 28.0 Å². The third-order valence-electron chi connectivity index (χ3n) is 4.01. The lowest BCUT2D eigenvalue weighted by Gasteiger charge is -2.18. The van der Waals surface area contributed by atoms with E-state index in [1.54, 1.807) is 60.0 Å². The molecule has 3 aromatic rings. The van der Waals surface area contributed by atoms with Crippen molar-refractivity contribution in [2.45, 2.75) is 10.8 Å². The summed E-state index contributed by atoms with van der Waals surface area (Å²) in [5.41, 5.74) is 1.19. The number of sulfonamides is 1. The molecule has 0 saturated carbocycles. The maximum absolute atomic E-state index is 12.5. The first-order valence-electron chi connectivity index (χ1n) is 8.52. The van der Waals surface area contributed by atoms with Gasteiger partial charge in [-0.05, 0) is 41.8 Å². The maximum Gasteiger partial charge on any atom is 0.344 e. The highest BCUT2D eigenvalue weighted by Crippen LogP contribution is 2.26. The van der Waals surface area contributed by atoms with Crippen molar-refractivity contribution < 1.29 is 22.7 Å². The topological polar surface area (TPSA) is 72.9 Å². The van der Waals surface area contributed by atoms with Gasteiger partial charge < -0.3 is 9.47 Å². The zero-order chi connectivity index (χ0) is 20.9. The molecule has 0 atom stereocenters. The van der Waals surface area contributed by atoms with Crippen LogP contribution in [0.3, 0.4) is 0 Å². The van der Waals surface area contributed by atoms with Gasteiger partial charge in [0.2, 0.25) is 0 Å². The number of hydrogen-bond acceptors (Lipinski definition) is 6. The van der Waals surface area contributed by atoms with E-state index >= 15 is 0 Å². The van der Waals surface area contributed by atoms with Gasteiger partial charge in [0.1, 0.15) is 16.6 Å². The summed E-state index contributed by atoms with van der Waals surface area (Å²) in [4.78, 5) is 11.9. The van der Waals surface area contributed by atoms with Crippen molar-refractivity contribution in [3.63, 3.8) is 0 Å². The van der Waals surface area contributed by atoms with Crippen molar-refractivity contribution in [2.75, 3.05) is 18.0 Å². The molecule has 0 radical (unpaired) electrons. The van der Waals surface area contributed by atoms with Gasteiger partial charge in [0.25, 0.3) is 10.0 Å². The van der Waals surface area contributed by atoms with Gasteiger partial charge in [-0.1, -0.05) is 35.9 Å². The molecule has 0 saturated heterocycles. The SMILES string of the molecule is CN(c1ccc(OCC(=O)OCc2ccccc2Cl)cc1)S(=O)(=O)c1cccs1. The Kier molecular flexibility index (Phi) is 6.79. The van der Waals surface area contributed by atoms with E-state index < -0.39 is 16.0 Å². The number of carbonyl (C=O) groups excluding carboxylic acids is 1. The lowest BCUT2D eigenvalue weighted by atomic mass is 10.2. The quantitative estimate of drug-likeness (QED) is 0.476. The number of rotatable bonds is 8. The van der Waals surface area contributed by atoms with Gasteiger partial charge in [0, 0.05) is 17.6 Å². The fourth-order valence-electron chi connectivity index (χ4n) is 2.39. The Morgan fingerprint density at radius 2 is 1.79 bits per heavy atom. The normalized spacial score (nSPS) is 11.1. The lowest BCUT2D eigenvalue weighted by Crippen LogP contribution is -2.25. The molecule has 3 rings (SSSR count). The second-order valence-corrected chi connectivity index (χ2v) is 9.49. The van der Waals surface area contributed by atoms with Crippen molar-refractivity contribution in [2.24, 2.45) is 0 Å². The molecular weight excluding hydrogens is 434 g/mol. The lowest BCUT2D eigenvalue weighted by molar-refractivity contribution is -0.147. The van der Waals surface area contributed by atoms with Crippen LogP contribution in [0.5, 0.6) is 5.75 Å². The number of benzene rings is 2. The maximum atomic E-state index is 12.5. The molecular formula is C20H18ClNO5S2. The van der Waals surface area contributed by atoms with Gasteiger partial charge in [-0.25, -0.2) is 13.2 Å². The number of nitrogens with zero attached hydrogens (tertiary/aromatic N) is 1. The van der Waals surface area contributed by atoms with Gasteiger partial charge >= 0.3 is 5.97 Å². The van der Waals surface area contributed by atoms with E-state index in [0.29, 0.717) is 22.0 Å². The molecule has 0 unspecified atom stereocenters. The number of thiophene rings is 1. The molecule has 1 heterocycles. The number of esters is 1. The van der Waals surface area contributed by atoms with Crippen LogP contribution >= 0.6 is 22.9 Å². The van der Waals surface area contributed by atoms with E-state index in [1.165, 1.54) is 11.4 Å². The monoisotopic (exact) mass is 451 g/mol. The van der Waals surface area contributed by atoms with E-state index in [0.717, 1.165) is 11.3 Å². The second-order valence-electron chi connectivity index (χ2n) is 5.94. The summed E-state index contributed by atoms with van der Waals surface area (Å²) in [7, 11) is -2.12. The van der Waals surface area contributed by atoms with E-state index in [1.807, 2.05) is 6.07 Å². The fraction of sp³-hybridized carbons (Fsp3) is 0.150. The molecule has 152 valence electrons. The standard InChI is InChI=1S/C20H18ClNO5S2/c1-22(29(24,25)20-7-4-12-28-20)16-8-10-17(11-9-16)26-14-19(23)27-13-15-5-2-3-6-18(15)21/h2-12H,13-14H2,1H3. The highest BCUT2D eigenvalue weighted by Gasteiger charge is 2.22. The van der Waals surface area contributed by atoms with Crippen LogP contribution in [0, 0.1) is 0 Å². The van der Waals surface area contributed by atoms with Gasteiger partial charge in [0.05, 0.1) is 5.69 Å². The predicted octanol–water partition coefficient (Wildman–Crippen LogP) is 4.35. The fourth-order valence-corrected chi connectivity index (χ4v) is 4.94. The van der Waals surface area contributed by atoms with Crippen LogP contribution in [0.2, 0.25) is 5.02 Å². The van der Waals surface area contributed by atoms with Crippen LogP contribution in [0.1, 0.15) is 5.56 Å². The Hall–Kier alpha value is -2.55. The first kappa shape index (κ1) is 21.2. The number of ether oxygens (including phenoxy) is 2. The zero-order valence-electron chi connectivity index (χ0n) is 15.4. The molecule has 0 N–H and O–H groups in total. The summed E-state index contributed by atoms with van der Waals surface area (Å²) in [5, 5.41) is 2.24. The molecule has 29 heavy (non-hydrogen) atoms. The summed E-state index contributed by atoms with van der Waals surface area (Å²) in [6.07, 6.45) is 0. The average Bonchev–Trinajstić information content (AvgIpc) is 3.27. The van der Waals surface area contributed by atoms with Crippen molar-refractivity contribution in [3.05, 3.63) is 76.6 Å². The predicted molar refractivity (Wildman–Crippen MR) is 113 cm³/mol. The summed E-state index contributed by atoms with van der Waals surface area (Å²) in [6.45, 7) is -0.209. The van der Waals surface area contributed by atoms with E-state index in [4.69, 9.17) is 21.1 Å². The minimum absolute atomic E-state index is 0.0617. The molecule has 1 aromatic heterocycles. The summed E-state index contributed by atoms with van der Waals surface area (Å²) in [5.74, 6) is -0.114. The molecule has 0 aliphatic carbocycles. The number of halogens is 1. The van der Waals surface area contributed by atoms with Crippen LogP contribution in [-0.2, 0) is 26.2 Å². The Balaban J connectivity index is 1.54. The smallest absolute Gasteiger partial charge is 0.344 e. The first-order chi connectivity index (χ1) is 13.9. The van der Waals surface area contributed by atoms with Crippen molar-refractivity contribution in [1.82, 2.24) is 0 Å². The van der Waals surface area contributed by atoms with E-state index in [2.05, 4.69) is 0 Å². The highest BCUT2D eigenvalue weighted by atomic mass is 35.5. The summed E-state index contributed by atoms with van der Waals surface area (Å²) in [6, 6.07) is 16.7. The summed E-state index contributed by atoms with van der Waals surface area (Å²) >= 11 is 7.17. The van der Waals surface area contributed by atoms with E-state index in [-0.39, 0.29) is 17.4 Å². The Labute approximate surface area is 178 Å². The third-order valence-corrected chi connectivity index (χ3v) is 7.54. The van der Waals surface area contributed by atoms with Crippen LogP contribution < -0.4 is 9.04 Å². The molecule has 0 aliphatic rings. The number of anilines is 1. The zero-order valence-corrected chi connectivity index (χ0v) is 17.8. The van der Waals surface area contributed by atoms with Crippen LogP contribution in [0.25, 0.3) is 0 Å². The second kappa shape index (κ2) is 9.30. The third kappa shape index (κ3) is 5.29. The number of hydrogen-bond donors (Lipinski definition) is 0. The molecule has 6 nitrogen and oxygen atoms in total. The van der Waals surface area contributed by atoms with Crippen molar-refractivity contribution >= 4 is 44.6 Å². The molecule has 0 bridgehead atoms.